The van der Waals surface area contributed by atoms with Crippen molar-refractivity contribution in [3.63, 3.8) is 0 Å². The van der Waals surface area contributed by atoms with Gasteiger partial charge in [-0.3, -0.25) is 57.5 Å². The van der Waals surface area contributed by atoms with Crippen molar-refractivity contribution in [3.05, 3.63) is 102 Å². The number of aromatic hydroxyl groups is 1. The van der Waals surface area contributed by atoms with E-state index in [4.69, 9.17) is 16.6 Å². The summed E-state index contributed by atoms with van der Waals surface area (Å²) in [5.41, 5.74) is 13.7. The highest BCUT2D eigenvalue weighted by molar-refractivity contribution is 7.80. The normalized spacial score (nSPS) is 15.0. The van der Waals surface area contributed by atoms with Crippen molar-refractivity contribution in [1.82, 2.24) is 58.2 Å². The van der Waals surface area contributed by atoms with Gasteiger partial charge in [0, 0.05) is 54.3 Å². The van der Waals surface area contributed by atoms with Gasteiger partial charge in [-0.1, -0.05) is 74.5 Å². The maximum Gasteiger partial charge on any atom is 0.326 e. The molecule has 1 aromatic heterocycles. The standard InChI is InChI=1S/C62H85N13O18S2/c1-31(2)50(62(92)93)74-60(90)47(30-95)73-56(86)43(25-35-17-19-37(77)20-18-35)69-54(84)41(16-10-11-23-63)67-57(87)44(26-36-28-65-40-15-9-8-14-38(36)40)71-55(85)42(24-34-12-6-5-7-13-34)70-59(89)46(29-94)72-58(88)45(27-49(80)81)68-52(82)32(3)66-61(91)51(33(4)76)75-53(83)39(64)21-22-48(78)79/h5-9,12-15,17-20,28,31-33,39,41-47,50-51,65,76-77,94-95H,10-11,16,21-27,29-30,63-64H2,1-4H3,(H,66,91)(H,67,87)(H,68,82)(H,69,84)(H,70,89)(H,71,85)(H,72,88)(H,73,86)(H,74,90)(H,75,83)(H,78,79)(H,80,81)(H,92,93)/t32-,33+,39-,41-,42-,43-,44-,45-,46-,47-,50-,51-/m0/s1. The first-order chi connectivity index (χ1) is 45.0. The number of aliphatic hydroxyl groups is 1. The van der Waals surface area contributed by atoms with Crippen molar-refractivity contribution in [2.75, 3.05) is 18.1 Å². The van der Waals surface area contributed by atoms with Crippen LogP contribution in [-0.4, -0.2) is 198 Å². The summed E-state index contributed by atoms with van der Waals surface area (Å²) < 4.78 is 0. The molecule has 0 fully saturated rings. The monoisotopic (exact) mass is 1360 g/mol. The predicted octanol–water partition coefficient (Wildman–Crippen LogP) is -2.45. The van der Waals surface area contributed by atoms with E-state index in [1.54, 1.807) is 74.6 Å². The molecule has 1 heterocycles. The average Bonchev–Trinajstić information content (AvgIpc) is 1.26. The number of benzene rings is 3. The molecule has 20 N–H and O–H groups in total. The highest BCUT2D eigenvalue weighted by atomic mass is 32.1. The fraction of sp³-hybridized carbons (Fsp3) is 0.468. The van der Waals surface area contributed by atoms with E-state index in [9.17, 15) is 82.8 Å². The number of aliphatic hydroxyl groups excluding tert-OH is 1. The van der Waals surface area contributed by atoms with Crippen LogP contribution < -0.4 is 64.6 Å². The zero-order valence-corrected chi connectivity index (χ0v) is 54.5. The quantitative estimate of drug-likeness (QED) is 0.0162. The van der Waals surface area contributed by atoms with E-state index in [0.717, 1.165) is 13.8 Å². The van der Waals surface area contributed by atoms with Crippen molar-refractivity contribution in [2.45, 2.75) is 158 Å². The van der Waals surface area contributed by atoms with E-state index in [1.807, 2.05) is 0 Å². The van der Waals surface area contributed by atoms with E-state index < -0.39 is 174 Å². The summed E-state index contributed by atoms with van der Waals surface area (Å²) in [6.45, 7) is 5.58. The van der Waals surface area contributed by atoms with Crippen molar-refractivity contribution < 1.29 is 87.9 Å². The minimum atomic E-state index is -1.93. The summed E-state index contributed by atoms with van der Waals surface area (Å²) >= 11 is 8.48. The molecule has 518 valence electrons. The molecule has 0 aliphatic heterocycles. The number of thiol groups is 2. The van der Waals surface area contributed by atoms with Gasteiger partial charge in [0.2, 0.25) is 59.1 Å². The number of rotatable bonds is 40. The molecular formula is C62H85N13O18S2. The van der Waals surface area contributed by atoms with Gasteiger partial charge in [0.15, 0.2) is 0 Å². The molecule has 31 nitrogen and oxygen atoms in total. The van der Waals surface area contributed by atoms with E-state index in [0.29, 0.717) is 34.0 Å². The Morgan fingerprint density at radius 1 is 0.484 bits per heavy atom. The molecule has 0 bridgehead atoms. The Bertz CT molecular complexity index is 3320. The number of phenolic OH excluding ortho intramolecular Hbond substituents is 1. The SMILES string of the molecule is CC(C)[C@H](NC(=O)[C@H](CS)NC(=O)[C@H](Cc1ccc(O)cc1)NC(=O)[C@H](CCCCN)NC(=O)[C@H](Cc1c[nH]c2ccccc12)NC(=O)[C@H](Cc1ccccc1)NC(=O)[C@H](CS)NC(=O)[C@H](CC(=O)O)NC(=O)[C@H](C)NC(=O)[C@@H](NC(=O)[C@@H](N)CCC(=O)O)[C@@H](C)O)C(=O)O. The molecule has 4 aromatic rings. The molecule has 0 saturated carbocycles. The Balaban J connectivity index is 1.65. The van der Waals surface area contributed by atoms with Crippen LogP contribution in [0.1, 0.15) is 82.9 Å². The third-order valence-corrected chi connectivity index (χ3v) is 15.7. The Hall–Kier alpha value is -9.31. The third kappa shape index (κ3) is 25.5. The van der Waals surface area contributed by atoms with E-state index in [-0.39, 0.29) is 56.6 Å². The van der Waals surface area contributed by atoms with Crippen LogP contribution >= 0.6 is 25.3 Å². The first-order valence-electron chi connectivity index (χ1n) is 30.4. The number of aromatic nitrogens is 1. The molecule has 12 atom stereocenters. The lowest BCUT2D eigenvalue weighted by Crippen LogP contribution is -2.61. The summed E-state index contributed by atoms with van der Waals surface area (Å²) in [4.78, 5) is 178. The molecule has 0 saturated heterocycles. The Morgan fingerprint density at radius 2 is 0.947 bits per heavy atom. The Morgan fingerprint density at radius 3 is 1.46 bits per heavy atom. The zero-order chi connectivity index (χ0) is 70.6. The number of fused-ring (bicyclic) bond motifs is 1. The van der Waals surface area contributed by atoms with Crippen LogP contribution in [-0.2, 0) is 81.6 Å². The Labute approximate surface area is 557 Å². The van der Waals surface area contributed by atoms with Crippen LogP contribution in [0.25, 0.3) is 10.9 Å². The maximum atomic E-state index is 15.0. The van der Waals surface area contributed by atoms with Gasteiger partial charge < -0.3 is 95.2 Å². The number of carboxylic acid groups (broad SMARTS) is 3. The number of unbranched alkanes of at least 4 members (excludes halogenated alkanes) is 1. The lowest BCUT2D eigenvalue weighted by atomic mass is 10.0. The van der Waals surface area contributed by atoms with Crippen LogP contribution in [0, 0.1) is 5.92 Å². The number of carboxylic acids is 3. The highest BCUT2D eigenvalue weighted by Gasteiger charge is 2.37. The number of hydrogen-bond donors (Lipinski definition) is 20. The molecule has 0 aliphatic rings. The van der Waals surface area contributed by atoms with E-state index in [1.165, 1.54) is 24.3 Å². The van der Waals surface area contributed by atoms with Gasteiger partial charge in [-0.2, -0.15) is 25.3 Å². The van der Waals surface area contributed by atoms with Crippen LogP contribution in [0.4, 0.5) is 0 Å². The van der Waals surface area contributed by atoms with Gasteiger partial charge in [0.1, 0.15) is 66.2 Å². The number of phenols is 1. The smallest absolute Gasteiger partial charge is 0.326 e. The largest absolute Gasteiger partial charge is 0.508 e. The van der Waals surface area contributed by atoms with Crippen LogP contribution in [0.15, 0.2) is 85.1 Å². The second-order valence-electron chi connectivity index (χ2n) is 22.9. The van der Waals surface area contributed by atoms with Gasteiger partial charge in [0.05, 0.1) is 18.6 Å². The molecule has 4 rings (SSSR count). The third-order valence-electron chi connectivity index (χ3n) is 14.9. The van der Waals surface area contributed by atoms with Gasteiger partial charge >= 0.3 is 17.9 Å². The topological polar surface area (TPSA) is 511 Å². The predicted molar refractivity (Wildman–Crippen MR) is 351 cm³/mol. The van der Waals surface area contributed by atoms with E-state index >= 15 is 0 Å². The second kappa shape index (κ2) is 38.8. The second-order valence-corrected chi connectivity index (χ2v) is 23.6. The summed E-state index contributed by atoms with van der Waals surface area (Å²) in [5.74, 6) is -15.7. The highest BCUT2D eigenvalue weighted by Crippen LogP contribution is 2.21. The van der Waals surface area contributed by atoms with Crippen LogP contribution in [0.5, 0.6) is 5.75 Å². The maximum absolute atomic E-state index is 15.0. The fourth-order valence-electron chi connectivity index (χ4n) is 9.54. The van der Waals surface area contributed by atoms with Gasteiger partial charge in [-0.05, 0) is 86.9 Å². The molecule has 10 amide bonds. The summed E-state index contributed by atoms with van der Waals surface area (Å²) in [7, 11) is 0. The fourth-order valence-corrected chi connectivity index (χ4v) is 10.1. The van der Waals surface area contributed by atoms with Crippen molar-refractivity contribution in [3.8, 4) is 5.75 Å². The summed E-state index contributed by atoms with van der Waals surface area (Å²) in [6, 6.07) is 3.92. The van der Waals surface area contributed by atoms with Crippen molar-refractivity contribution in [1.29, 1.82) is 0 Å². The molecule has 3 aromatic carbocycles. The zero-order valence-electron chi connectivity index (χ0n) is 52.7. The molecule has 0 radical (unpaired) electrons. The van der Waals surface area contributed by atoms with Crippen LogP contribution in [0.2, 0.25) is 0 Å². The number of para-hydroxylation sites is 1. The molecule has 0 aliphatic carbocycles. The van der Waals surface area contributed by atoms with Gasteiger partial charge in [0.25, 0.3) is 0 Å². The van der Waals surface area contributed by atoms with Crippen molar-refractivity contribution in [2.24, 2.45) is 17.4 Å². The van der Waals surface area contributed by atoms with Crippen molar-refractivity contribution >= 4 is 113 Å². The average molecular weight is 1360 g/mol. The summed E-state index contributed by atoms with van der Waals surface area (Å²) in [6.07, 6.45) is -2.00. The molecule has 0 spiro atoms. The van der Waals surface area contributed by atoms with Gasteiger partial charge in [-0.15, -0.1) is 0 Å². The first-order valence-corrected chi connectivity index (χ1v) is 31.7. The molecule has 0 unspecified atom stereocenters. The number of amides is 10. The molecular weight excluding hydrogens is 1280 g/mol. The number of carbonyl (C=O) groups is 13. The summed E-state index contributed by atoms with van der Waals surface area (Å²) in [5, 5.41) is 74.1. The molecule has 95 heavy (non-hydrogen) atoms. The number of nitrogens with one attached hydrogen (secondary N) is 11. The first kappa shape index (κ1) is 78.1. The van der Waals surface area contributed by atoms with Crippen LogP contribution in [0.3, 0.4) is 0 Å². The van der Waals surface area contributed by atoms with Gasteiger partial charge in [-0.25, -0.2) is 4.79 Å². The lowest BCUT2D eigenvalue weighted by molar-refractivity contribution is -0.143. The number of aliphatic carboxylic acids is 3. The number of H-pyrrole nitrogens is 1. The molecule has 33 heteroatoms. The number of carbonyl (C=O) groups excluding carboxylic acids is 10. The van der Waals surface area contributed by atoms with E-state index in [2.05, 4.69) is 83.4 Å². The number of nitrogens with two attached hydrogens (primary N) is 2. The number of hydrogen-bond acceptors (Lipinski definition) is 19. The minimum absolute atomic E-state index is 0.0687. The number of aromatic amines is 1. The minimum Gasteiger partial charge on any atom is -0.508 e. The lowest BCUT2D eigenvalue weighted by Gasteiger charge is -2.28. The Kier molecular flexibility index (Phi) is 31.9.